The number of hydrogen-bond acceptors (Lipinski definition) is 3. The van der Waals surface area contributed by atoms with Gasteiger partial charge in [-0.25, -0.2) is 0 Å². The molecule has 0 heterocycles. The van der Waals surface area contributed by atoms with Gasteiger partial charge in [-0.1, -0.05) is 34.8 Å². The van der Waals surface area contributed by atoms with E-state index in [-0.39, 0.29) is 12.1 Å². The Labute approximate surface area is 124 Å². The first-order valence-electron chi connectivity index (χ1n) is 6.97. The fraction of sp³-hybridized carbons (Fsp3) is 0.600. The first-order chi connectivity index (χ1) is 9.13. The number of rotatable bonds is 4. The van der Waals surface area contributed by atoms with Crippen LogP contribution in [0.3, 0.4) is 0 Å². The van der Waals surface area contributed by atoms with Crippen molar-refractivity contribution in [3.8, 4) is 0 Å². The number of nitrogens with one attached hydrogen (secondary N) is 1. The minimum Gasteiger partial charge on any atom is -0.391 e. The third kappa shape index (κ3) is 3.50. The quantitative estimate of drug-likeness (QED) is 0.893. The van der Waals surface area contributed by atoms with Crippen molar-refractivity contribution in [3.63, 3.8) is 0 Å². The average molecular weight is 327 g/mol. The van der Waals surface area contributed by atoms with Crippen molar-refractivity contribution in [1.82, 2.24) is 5.32 Å². The largest absolute Gasteiger partial charge is 0.391 e. The van der Waals surface area contributed by atoms with E-state index in [0.717, 1.165) is 36.0 Å². The molecule has 1 aliphatic carbocycles. The molecule has 0 radical (unpaired) electrons. The lowest BCUT2D eigenvalue weighted by atomic mass is 9.91. The van der Waals surface area contributed by atoms with Gasteiger partial charge in [0.05, 0.1) is 12.1 Å². The Bertz CT molecular complexity index is 425. The number of halogens is 1. The number of aliphatic hydroxyl groups excluding tert-OH is 1. The third-order valence-electron chi connectivity index (χ3n) is 4.00. The topological polar surface area (TPSA) is 35.5 Å². The van der Waals surface area contributed by atoms with Gasteiger partial charge in [-0.2, -0.15) is 0 Å². The Morgan fingerprint density at radius 2 is 2.11 bits per heavy atom. The van der Waals surface area contributed by atoms with Gasteiger partial charge in [0.15, 0.2) is 0 Å². The summed E-state index contributed by atoms with van der Waals surface area (Å²) in [6, 6.07) is 6.67. The van der Waals surface area contributed by atoms with E-state index in [9.17, 15) is 5.11 Å². The number of benzene rings is 1. The molecule has 0 amide bonds. The number of likely N-dealkylation sites (N-methyl/N-ethyl adjacent to an activating group) is 1. The van der Waals surface area contributed by atoms with E-state index in [4.69, 9.17) is 0 Å². The zero-order valence-electron chi connectivity index (χ0n) is 11.7. The van der Waals surface area contributed by atoms with Crippen molar-refractivity contribution < 1.29 is 5.11 Å². The molecule has 2 atom stereocenters. The van der Waals surface area contributed by atoms with E-state index in [1.807, 2.05) is 7.05 Å². The fourth-order valence-electron chi connectivity index (χ4n) is 2.82. The van der Waals surface area contributed by atoms with Crippen molar-refractivity contribution >= 4 is 21.6 Å². The molecular weight excluding hydrogens is 304 g/mol. The van der Waals surface area contributed by atoms with Gasteiger partial charge in [-0.3, -0.25) is 0 Å². The summed E-state index contributed by atoms with van der Waals surface area (Å²) in [6.45, 7) is 0.858. The SMILES string of the molecule is CNCc1ccc(N(C)C2CCCCC2O)cc1Br. The highest BCUT2D eigenvalue weighted by atomic mass is 79.9. The van der Waals surface area contributed by atoms with Crippen molar-refractivity contribution in [3.05, 3.63) is 28.2 Å². The van der Waals surface area contributed by atoms with Gasteiger partial charge >= 0.3 is 0 Å². The highest BCUT2D eigenvalue weighted by Gasteiger charge is 2.26. The van der Waals surface area contributed by atoms with Crippen LogP contribution < -0.4 is 10.2 Å². The number of hydrogen-bond donors (Lipinski definition) is 2. The van der Waals surface area contributed by atoms with Crippen LogP contribution >= 0.6 is 15.9 Å². The van der Waals surface area contributed by atoms with Crippen LogP contribution in [0, 0.1) is 0 Å². The molecule has 1 saturated carbocycles. The molecule has 0 aliphatic heterocycles. The minimum absolute atomic E-state index is 0.200. The maximum Gasteiger partial charge on any atom is 0.0743 e. The van der Waals surface area contributed by atoms with E-state index in [1.54, 1.807) is 0 Å². The minimum atomic E-state index is -0.200. The molecule has 4 heteroatoms. The van der Waals surface area contributed by atoms with Gasteiger partial charge in [0.2, 0.25) is 0 Å². The van der Waals surface area contributed by atoms with E-state index in [0.29, 0.717) is 0 Å². The number of nitrogens with zero attached hydrogens (tertiary/aromatic N) is 1. The summed E-state index contributed by atoms with van der Waals surface area (Å²) in [5.41, 5.74) is 2.42. The van der Waals surface area contributed by atoms with Gasteiger partial charge in [0, 0.05) is 23.8 Å². The van der Waals surface area contributed by atoms with Gasteiger partial charge in [-0.15, -0.1) is 0 Å². The highest BCUT2D eigenvalue weighted by molar-refractivity contribution is 9.10. The Morgan fingerprint density at radius 1 is 1.37 bits per heavy atom. The molecule has 3 nitrogen and oxygen atoms in total. The molecule has 0 bridgehead atoms. The van der Waals surface area contributed by atoms with E-state index in [2.05, 4.69) is 51.4 Å². The molecule has 19 heavy (non-hydrogen) atoms. The lowest BCUT2D eigenvalue weighted by Crippen LogP contribution is -2.43. The van der Waals surface area contributed by atoms with Crippen LogP contribution in [0.15, 0.2) is 22.7 Å². The standard InChI is InChI=1S/C15H23BrN2O/c1-17-10-11-7-8-12(9-13(11)16)18(2)14-5-3-4-6-15(14)19/h7-9,14-15,17,19H,3-6,10H2,1-2H3. The summed E-state index contributed by atoms with van der Waals surface area (Å²) in [6.07, 6.45) is 4.16. The predicted octanol–water partition coefficient (Wildman–Crippen LogP) is 2.91. The summed E-state index contributed by atoms with van der Waals surface area (Å²) in [7, 11) is 4.03. The number of aliphatic hydroxyl groups is 1. The normalized spacial score (nSPS) is 23.4. The summed E-state index contributed by atoms with van der Waals surface area (Å²) >= 11 is 3.63. The van der Waals surface area contributed by atoms with Crippen molar-refractivity contribution in [2.24, 2.45) is 0 Å². The second kappa shape index (κ2) is 6.73. The van der Waals surface area contributed by atoms with Gasteiger partial charge in [0.25, 0.3) is 0 Å². The predicted molar refractivity (Wildman–Crippen MR) is 83.6 cm³/mol. The maximum atomic E-state index is 10.1. The molecule has 1 aromatic carbocycles. The van der Waals surface area contributed by atoms with E-state index < -0.39 is 0 Å². The third-order valence-corrected chi connectivity index (χ3v) is 4.74. The van der Waals surface area contributed by atoms with Gasteiger partial charge < -0.3 is 15.3 Å². The summed E-state index contributed by atoms with van der Waals surface area (Å²) < 4.78 is 1.12. The van der Waals surface area contributed by atoms with E-state index >= 15 is 0 Å². The van der Waals surface area contributed by atoms with Crippen LogP contribution in [0.1, 0.15) is 31.2 Å². The Kier molecular flexibility index (Phi) is 5.25. The van der Waals surface area contributed by atoms with Crippen LogP contribution in [0.2, 0.25) is 0 Å². The Balaban J connectivity index is 2.14. The lowest BCUT2D eigenvalue weighted by molar-refractivity contribution is 0.106. The summed E-state index contributed by atoms with van der Waals surface area (Å²) in [4.78, 5) is 2.22. The molecule has 0 saturated heterocycles. The Hall–Kier alpha value is -0.580. The average Bonchev–Trinajstić information content (AvgIpc) is 2.41. The van der Waals surface area contributed by atoms with Crippen LogP contribution in [0.5, 0.6) is 0 Å². The smallest absolute Gasteiger partial charge is 0.0743 e. The van der Waals surface area contributed by atoms with Crippen molar-refractivity contribution in [2.75, 3.05) is 19.0 Å². The van der Waals surface area contributed by atoms with Crippen molar-refractivity contribution in [2.45, 2.75) is 44.4 Å². The van der Waals surface area contributed by atoms with Crippen LogP contribution in [-0.4, -0.2) is 31.3 Å². The summed E-state index contributed by atoms with van der Waals surface area (Å²) in [5, 5.41) is 13.3. The monoisotopic (exact) mass is 326 g/mol. The molecule has 1 aromatic rings. The van der Waals surface area contributed by atoms with Crippen LogP contribution in [0.25, 0.3) is 0 Å². The lowest BCUT2D eigenvalue weighted by Gasteiger charge is -2.36. The first kappa shape index (κ1) is 14.8. The summed E-state index contributed by atoms with van der Waals surface area (Å²) in [5.74, 6) is 0. The zero-order valence-corrected chi connectivity index (χ0v) is 13.3. The molecule has 106 valence electrons. The molecular formula is C15H23BrN2O. The molecule has 0 spiro atoms. The van der Waals surface area contributed by atoms with Crippen LogP contribution in [0.4, 0.5) is 5.69 Å². The molecule has 1 aliphatic rings. The molecule has 1 fully saturated rings. The van der Waals surface area contributed by atoms with Crippen LogP contribution in [-0.2, 0) is 6.54 Å². The second-order valence-corrected chi connectivity index (χ2v) is 6.19. The second-order valence-electron chi connectivity index (χ2n) is 5.34. The first-order valence-corrected chi connectivity index (χ1v) is 7.76. The maximum absolute atomic E-state index is 10.1. The van der Waals surface area contributed by atoms with Crippen molar-refractivity contribution in [1.29, 1.82) is 0 Å². The molecule has 2 rings (SSSR count). The number of anilines is 1. The van der Waals surface area contributed by atoms with Gasteiger partial charge in [0.1, 0.15) is 0 Å². The zero-order chi connectivity index (χ0) is 13.8. The molecule has 2 N–H and O–H groups in total. The highest BCUT2D eigenvalue weighted by Crippen LogP contribution is 2.29. The fourth-order valence-corrected chi connectivity index (χ4v) is 3.33. The van der Waals surface area contributed by atoms with E-state index in [1.165, 1.54) is 12.0 Å². The molecule has 0 aromatic heterocycles. The Morgan fingerprint density at radius 3 is 2.74 bits per heavy atom. The van der Waals surface area contributed by atoms with Gasteiger partial charge in [-0.05, 0) is 37.6 Å². The molecule has 2 unspecified atom stereocenters.